The van der Waals surface area contributed by atoms with Gasteiger partial charge in [-0.15, -0.1) is 0 Å². The molecular weight excluding hydrogens is 1090 g/mol. The van der Waals surface area contributed by atoms with Crippen molar-refractivity contribution in [3.63, 3.8) is 0 Å². The van der Waals surface area contributed by atoms with Gasteiger partial charge in [-0.3, -0.25) is 52.7 Å². The lowest BCUT2D eigenvalue weighted by Crippen LogP contribution is -2.62. The number of aliphatic carboxylic acids is 1. The lowest BCUT2D eigenvalue weighted by atomic mass is 10.1. The van der Waals surface area contributed by atoms with Gasteiger partial charge in [0.2, 0.25) is 65.0 Å². The van der Waals surface area contributed by atoms with Crippen LogP contribution in [0.1, 0.15) is 117 Å². The molecule has 0 aromatic rings. The number of carboxylic acids is 1. The Bertz CT molecular complexity index is 2520. The van der Waals surface area contributed by atoms with Crippen LogP contribution in [0.25, 0.3) is 0 Å². The van der Waals surface area contributed by atoms with E-state index >= 15 is 0 Å². The maximum Gasteiger partial charge on any atom is 0.326 e. The van der Waals surface area contributed by atoms with Crippen LogP contribution in [0.3, 0.4) is 0 Å². The number of likely N-dealkylation sites (tertiary alicyclic amines) is 8. The molecule has 0 spiro atoms. The summed E-state index contributed by atoms with van der Waals surface area (Å²) in [7, 11) is 0. The molecule has 8 fully saturated rings. The standard InChI is InChI=1S/C54H82N12O17/c1-29(69)41(57-43(71)31(55)27-67)52(80)64-24-8-17-39(64)48(76)60-20-4-12-34(60)45(73)58-42(30(2)70)53(81)65-25-9-16-38(65)47(75)59-19-3-11-33(59)44(72)56-32(28-68)46(74)61-21-5-13-35(61)49(77)62-22-6-14-36(62)50(78)63-23-7-15-37(63)51(79)66-26-10-18-40(66)54(82)83/h29-42,67-70H,3-28,55H2,1-2H3,(H,56,72)(H,57,71)(H,58,73)(H,82,83)/t29-,30-,31+,32+,33+,34+,35+,36+,37+,38+,39+,40+,41+,42+/m1/s1. The number of carbonyl (C=O) groups excluding carboxylic acids is 11. The fourth-order valence-electron chi connectivity index (χ4n) is 13.7. The van der Waals surface area contributed by atoms with Crippen molar-refractivity contribution in [2.24, 2.45) is 5.73 Å². The molecule has 10 N–H and O–H groups in total. The predicted molar refractivity (Wildman–Crippen MR) is 287 cm³/mol. The number of hydrogen-bond donors (Lipinski definition) is 9. The van der Waals surface area contributed by atoms with Crippen LogP contribution in [-0.2, 0) is 57.5 Å². The topological polar surface area (TPSA) is 394 Å². The van der Waals surface area contributed by atoms with E-state index in [1.54, 1.807) is 0 Å². The molecule has 8 heterocycles. The van der Waals surface area contributed by atoms with Crippen molar-refractivity contribution in [1.82, 2.24) is 55.1 Å². The third-order valence-corrected chi connectivity index (χ3v) is 18.0. The number of hydrogen-bond acceptors (Lipinski definition) is 17. The molecule has 29 nitrogen and oxygen atoms in total. The van der Waals surface area contributed by atoms with Gasteiger partial charge in [0.15, 0.2) is 0 Å². The molecule has 0 unspecified atom stereocenters. The molecule has 83 heavy (non-hydrogen) atoms. The molecule has 0 aromatic carbocycles. The molecule has 0 saturated carbocycles. The summed E-state index contributed by atoms with van der Waals surface area (Å²) < 4.78 is 0. The first kappa shape index (κ1) is 62.5. The van der Waals surface area contributed by atoms with E-state index in [2.05, 4.69) is 16.0 Å². The van der Waals surface area contributed by atoms with Crippen LogP contribution in [0, 0.1) is 0 Å². The Morgan fingerprint density at radius 2 is 0.675 bits per heavy atom. The average molecular weight is 1170 g/mol. The highest BCUT2D eigenvalue weighted by molar-refractivity contribution is 6.00. The Kier molecular flexibility index (Phi) is 20.3. The summed E-state index contributed by atoms with van der Waals surface area (Å²) in [4.78, 5) is 177. The van der Waals surface area contributed by atoms with Gasteiger partial charge < -0.3 is 86.4 Å². The number of aliphatic hydroxyl groups is 4. The van der Waals surface area contributed by atoms with Crippen molar-refractivity contribution < 1.29 is 83.1 Å². The van der Waals surface area contributed by atoms with Crippen molar-refractivity contribution in [3.05, 3.63) is 0 Å². The first-order valence-electron chi connectivity index (χ1n) is 29.5. The molecular formula is C54H82N12O17. The van der Waals surface area contributed by atoms with Crippen molar-refractivity contribution in [3.8, 4) is 0 Å². The predicted octanol–water partition coefficient (Wildman–Crippen LogP) is -5.47. The Hall–Kier alpha value is -6.56. The smallest absolute Gasteiger partial charge is 0.326 e. The molecule has 14 atom stereocenters. The van der Waals surface area contributed by atoms with Crippen LogP contribution < -0.4 is 21.7 Å². The van der Waals surface area contributed by atoms with Crippen molar-refractivity contribution in [2.45, 2.75) is 201 Å². The fourth-order valence-corrected chi connectivity index (χ4v) is 13.7. The molecule has 29 heteroatoms. The van der Waals surface area contributed by atoms with Crippen LogP contribution in [-0.4, -0.2) is 286 Å². The van der Waals surface area contributed by atoms with Crippen LogP contribution in [0.2, 0.25) is 0 Å². The zero-order valence-electron chi connectivity index (χ0n) is 47.3. The summed E-state index contributed by atoms with van der Waals surface area (Å²) in [6, 6.07) is -14.1. The van der Waals surface area contributed by atoms with Crippen molar-refractivity contribution >= 4 is 70.9 Å². The third-order valence-electron chi connectivity index (χ3n) is 18.0. The second kappa shape index (κ2) is 27.0. The third kappa shape index (κ3) is 12.9. The largest absolute Gasteiger partial charge is 0.480 e. The van der Waals surface area contributed by atoms with Crippen LogP contribution in [0.5, 0.6) is 0 Å². The second-order valence-corrected chi connectivity index (χ2v) is 23.3. The summed E-state index contributed by atoms with van der Waals surface area (Å²) in [5.74, 6) is -8.28. The quantitative estimate of drug-likeness (QED) is 0.0583. The Balaban J connectivity index is 0.869. The van der Waals surface area contributed by atoms with Crippen molar-refractivity contribution in [1.29, 1.82) is 0 Å². The Labute approximate surface area is 480 Å². The molecule has 8 aliphatic heterocycles. The van der Waals surface area contributed by atoms with E-state index in [0.29, 0.717) is 70.6 Å². The summed E-state index contributed by atoms with van der Waals surface area (Å²) in [6.45, 7) is 2.26. The van der Waals surface area contributed by atoms with E-state index in [9.17, 15) is 83.1 Å². The number of amides is 11. The summed E-state index contributed by atoms with van der Waals surface area (Å²) in [5, 5.41) is 58.6. The van der Waals surface area contributed by atoms with E-state index in [-0.39, 0.29) is 84.5 Å². The van der Waals surface area contributed by atoms with E-state index < -0.39 is 169 Å². The van der Waals surface area contributed by atoms with Gasteiger partial charge in [-0.25, -0.2) is 4.79 Å². The van der Waals surface area contributed by atoms with E-state index in [4.69, 9.17) is 5.73 Å². The zero-order chi connectivity index (χ0) is 60.1. The van der Waals surface area contributed by atoms with Gasteiger partial charge in [0.25, 0.3) is 0 Å². The number of rotatable bonds is 19. The Morgan fingerprint density at radius 1 is 0.398 bits per heavy atom. The molecule has 0 bridgehead atoms. The normalized spacial score (nSPS) is 28.5. The summed E-state index contributed by atoms with van der Waals surface area (Å²) in [6.07, 6.45) is 2.58. The maximum absolute atomic E-state index is 14.5. The molecule has 8 saturated heterocycles. The summed E-state index contributed by atoms with van der Waals surface area (Å²) >= 11 is 0. The van der Waals surface area contributed by atoms with Crippen LogP contribution in [0.4, 0.5) is 0 Å². The minimum atomic E-state index is -1.58. The SMILES string of the molecule is C[C@@H](O)[C@H](NC(=O)[C@@H](N)CO)C(=O)N1CCC[C@H]1C(=O)N1CCC[C@H]1C(=O)N[C@H](C(=O)N1CCC[C@H]1C(=O)N1CCC[C@H]1C(=O)N[C@@H](CO)C(=O)N1CCC[C@H]1C(=O)N1CCC[C@H]1C(=O)N1CCC[C@H]1C(=O)N1CCC[C@H]1C(=O)O)[C@@H](C)O. The zero-order valence-corrected chi connectivity index (χ0v) is 47.3. The first-order valence-corrected chi connectivity index (χ1v) is 29.5. The highest BCUT2D eigenvalue weighted by Crippen LogP contribution is 2.33. The fraction of sp³-hybridized carbons (Fsp3) is 0.778. The van der Waals surface area contributed by atoms with Gasteiger partial charge in [-0.2, -0.15) is 0 Å². The van der Waals surface area contributed by atoms with Gasteiger partial charge in [0, 0.05) is 52.4 Å². The van der Waals surface area contributed by atoms with Gasteiger partial charge in [-0.1, -0.05) is 0 Å². The number of carbonyl (C=O) groups is 12. The molecule has 8 aliphatic rings. The highest BCUT2D eigenvalue weighted by Gasteiger charge is 2.51. The molecule has 11 amide bonds. The number of aliphatic hydroxyl groups excluding tert-OH is 4. The van der Waals surface area contributed by atoms with Gasteiger partial charge in [0.1, 0.15) is 72.5 Å². The van der Waals surface area contributed by atoms with Gasteiger partial charge in [0.05, 0.1) is 25.4 Å². The minimum Gasteiger partial charge on any atom is -0.480 e. The summed E-state index contributed by atoms with van der Waals surface area (Å²) in [5.41, 5.74) is 5.61. The van der Waals surface area contributed by atoms with Crippen molar-refractivity contribution in [2.75, 3.05) is 65.6 Å². The van der Waals surface area contributed by atoms with Crippen LogP contribution >= 0.6 is 0 Å². The molecule has 460 valence electrons. The van der Waals surface area contributed by atoms with Gasteiger partial charge >= 0.3 is 5.97 Å². The Morgan fingerprint density at radius 3 is 1.01 bits per heavy atom. The number of nitrogens with one attached hydrogen (secondary N) is 3. The lowest BCUT2D eigenvalue weighted by molar-refractivity contribution is -0.154. The number of nitrogens with two attached hydrogens (primary N) is 1. The minimum absolute atomic E-state index is 0.0633. The van der Waals surface area contributed by atoms with Gasteiger partial charge in [-0.05, 0) is 117 Å². The molecule has 0 aromatic heterocycles. The van der Waals surface area contributed by atoms with E-state index in [1.807, 2.05) is 0 Å². The molecule has 0 radical (unpaired) electrons. The second-order valence-electron chi connectivity index (χ2n) is 23.3. The van der Waals surface area contributed by atoms with Crippen LogP contribution in [0.15, 0.2) is 0 Å². The highest BCUT2D eigenvalue weighted by atomic mass is 16.4. The molecule has 0 aliphatic carbocycles. The van der Waals surface area contributed by atoms with E-state index in [1.165, 1.54) is 53.0 Å². The monoisotopic (exact) mass is 1170 g/mol. The number of carboxylic acid groups (broad SMARTS) is 1. The molecule has 8 rings (SSSR count). The number of nitrogens with zero attached hydrogens (tertiary/aromatic N) is 8. The maximum atomic E-state index is 14.5. The van der Waals surface area contributed by atoms with E-state index in [0.717, 1.165) is 0 Å². The first-order chi connectivity index (χ1) is 39.6. The average Bonchev–Trinajstić information content (AvgIpc) is 4.43. The lowest BCUT2D eigenvalue weighted by Gasteiger charge is -2.36.